The number of hydrogen-bond donors (Lipinski definition) is 0. The van der Waals surface area contributed by atoms with Gasteiger partial charge in [-0.3, -0.25) is 0 Å². The van der Waals surface area contributed by atoms with Crippen molar-refractivity contribution in [2.75, 3.05) is 0 Å². The lowest BCUT2D eigenvalue weighted by Crippen LogP contribution is -2.27. The van der Waals surface area contributed by atoms with E-state index in [0.29, 0.717) is 5.92 Å². The molecule has 0 nitrogen and oxygen atoms in total. The summed E-state index contributed by atoms with van der Waals surface area (Å²) < 4.78 is 0. The van der Waals surface area contributed by atoms with Crippen molar-refractivity contribution in [3.8, 4) is 11.1 Å². The minimum absolute atomic E-state index is 0.124. The molecule has 1 atom stereocenters. The van der Waals surface area contributed by atoms with Crippen molar-refractivity contribution >= 4 is 0 Å². The van der Waals surface area contributed by atoms with E-state index in [2.05, 4.69) is 86.3 Å². The maximum atomic E-state index is 3.92. The van der Waals surface area contributed by atoms with E-state index in [1.54, 1.807) is 0 Å². The Hall–Kier alpha value is -2.34. The molecule has 25 heavy (non-hydrogen) atoms. The van der Waals surface area contributed by atoms with Gasteiger partial charge >= 0.3 is 0 Å². The number of unbranched alkanes of at least 4 members (excludes halogenated alkanes) is 1. The van der Waals surface area contributed by atoms with Crippen molar-refractivity contribution in [2.45, 2.75) is 38.5 Å². The molecule has 0 spiro atoms. The monoisotopic (exact) mass is 326 g/mol. The molecule has 0 heterocycles. The summed E-state index contributed by atoms with van der Waals surface area (Å²) in [5.74, 6) is 0.429. The number of fused-ring (bicyclic) bond motifs is 3. The maximum Gasteiger partial charge on any atom is 0.0196 e. The molecule has 4 rings (SSSR count). The Morgan fingerprint density at radius 2 is 1.68 bits per heavy atom. The van der Waals surface area contributed by atoms with Crippen molar-refractivity contribution < 1.29 is 0 Å². The van der Waals surface area contributed by atoms with Gasteiger partial charge in [-0.2, -0.15) is 0 Å². The van der Waals surface area contributed by atoms with E-state index in [0.717, 1.165) is 12.8 Å². The second-order valence-electron chi connectivity index (χ2n) is 7.50. The maximum absolute atomic E-state index is 3.92. The average Bonchev–Trinajstić information content (AvgIpc) is 3.29. The van der Waals surface area contributed by atoms with Crippen LogP contribution in [0.5, 0.6) is 0 Å². The first-order valence-corrected chi connectivity index (χ1v) is 9.42. The fraction of sp³-hybridized carbons (Fsp3) is 0.280. The smallest absolute Gasteiger partial charge is 0.0196 e. The molecule has 2 aromatic carbocycles. The van der Waals surface area contributed by atoms with Gasteiger partial charge in [0.05, 0.1) is 0 Å². The molecule has 0 saturated heterocycles. The third-order valence-corrected chi connectivity index (χ3v) is 6.01. The van der Waals surface area contributed by atoms with Crippen LogP contribution in [0.2, 0.25) is 0 Å². The third-order valence-electron chi connectivity index (χ3n) is 6.01. The highest BCUT2D eigenvalue weighted by Gasteiger charge is 2.43. The lowest BCUT2D eigenvalue weighted by molar-refractivity contribution is 0.322. The Morgan fingerprint density at radius 1 is 1.04 bits per heavy atom. The summed E-state index contributed by atoms with van der Waals surface area (Å²) in [6, 6.07) is 18.0. The molecule has 0 aliphatic heterocycles. The van der Waals surface area contributed by atoms with E-state index >= 15 is 0 Å². The summed E-state index contributed by atoms with van der Waals surface area (Å²) in [7, 11) is 0. The highest BCUT2D eigenvalue weighted by Crippen LogP contribution is 2.57. The molecule has 0 bridgehead atoms. The molecule has 2 aliphatic carbocycles. The minimum Gasteiger partial charge on any atom is -0.103 e. The van der Waals surface area contributed by atoms with E-state index in [4.69, 9.17) is 0 Å². The SMILES string of the molecule is C=CCCCC(C)(C1=CCC=C1)C1c2ccccc2-c2ccccc21. The van der Waals surface area contributed by atoms with Crippen LogP contribution in [0.15, 0.2) is 85.0 Å². The number of allylic oxidation sites excluding steroid dienone is 5. The highest BCUT2D eigenvalue weighted by molar-refractivity contribution is 5.79. The van der Waals surface area contributed by atoms with Gasteiger partial charge in [-0.1, -0.05) is 79.8 Å². The Kier molecular flexibility index (Phi) is 4.21. The van der Waals surface area contributed by atoms with Gasteiger partial charge in [0.15, 0.2) is 0 Å². The summed E-state index contributed by atoms with van der Waals surface area (Å²) >= 11 is 0. The average molecular weight is 326 g/mol. The van der Waals surface area contributed by atoms with Crippen molar-refractivity contribution in [2.24, 2.45) is 5.41 Å². The first-order valence-electron chi connectivity index (χ1n) is 9.42. The zero-order valence-electron chi connectivity index (χ0n) is 15.0. The van der Waals surface area contributed by atoms with Crippen molar-refractivity contribution in [3.05, 3.63) is 96.1 Å². The fourth-order valence-electron chi connectivity index (χ4n) is 4.79. The van der Waals surface area contributed by atoms with Gasteiger partial charge in [0, 0.05) is 11.3 Å². The van der Waals surface area contributed by atoms with Crippen LogP contribution in [-0.4, -0.2) is 0 Å². The molecule has 0 heteroatoms. The van der Waals surface area contributed by atoms with Gasteiger partial charge in [0.2, 0.25) is 0 Å². The molecule has 0 amide bonds. The summed E-state index contributed by atoms with van der Waals surface area (Å²) in [6.07, 6.45) is 13.7. The van der Waals surface area contributed by atoms with Crippen LogP contribution >= 0.6 is 0 Å². The Bertz CT molecular complexity index is 806. The second-order valence-corrected chi connectivity index (χ2v) is 7.50. The van der Waals surface area contributed by atoms with E-state index in [1.807, 2.05) is 0 Å². The molecule has 0 fully saturated rings. The number of rotatable bonds is 6. The molecule has 0 saturated carbocycles. The van der Waals surface area contributed by atoms with Crippen LogP contribution in [0.1, 0.15) is 49.7 Å². The number of benzene rings is 2. The molecular weight excluding hydrogens is 300 g/mol. The first kappa shape index (κ1) is 16.1. The van der Waals surface area contributed by atoms with E-state index in [-0.39, 0.29) is 5.41 Å². The van der Waals surface area contributed by atoms with Crippen LogP contribution in [0.3, 0.4) is 0 Å². The van der Waals surface area contributed by atoms with Crippen LogP contribution in [-0.2, 0) is 0 Å². The van der Waals surface area contributed by atoms with Gasteiger partial charge in [0.1, 0.15) is 0 Å². The third kappa shape index (κ3) is 2.61. The Labute approximate surface area is 151 Å². The molecular formula is C25H26. The fourth-order valence-corrected chi connectivity index (χ4v) is 4.79. The zero-order chi connectivity index (χ0) is 17.3. The lowest BCUT2D eigenvalue weighted by Gasteiger charge is -2.38. The molecule has 126 valence electrons. The molecule has 2 aliphatic rings. The predicted molar refractivity (Wildman–Crippen MR) is 108 cm³/mol. The van der Waals surface area contributed by atoms with E-state index in [9.17, 15) is 0 Å². The zero-order valence-corrected chi connectivity index (χ0v) is 15.0. The number of hydrogen-bond acceptors (Lipinski definition) is 0. The summed E-state index contributed by atoms with van der Waals surface area (Å²) in [6.45, 7) is 6.39. The van der Waals surface area contributed by atoms with Crippen LogP contribution < -0.4 is 0 Å². The first-order chi connectivity index (χ1) is 12.3. The second kappa shape index (κ2) is 6.52. The van der Waals surface area contributed by atoms with Gasteiger partial charge in [-0.05, 0) is 53.5 Å². The van der Waals surface area contributed by atoms with Gasteiger partial charge < -0.3 is 0 Å². The summed E-state index contributed by atoms with van der Waals surface area (Å²) in [4.78, 5) is 0. The van der Waals surface area contributed by atoms with Crippen molar-refractivity contribution in [1.29, 1.82) is 0 Å². The van der Waals surface area contributed by atoms with Gasteiger partial charge in [-0.25, -0.2) is 0 Å². The molecule has 1 unspecified atom stereocenters. The van der Waals surface area contributed by atoms with E-state index in [1.165, 1.54) is 40.7 Å². The minimum atomic E-state index is 0.124. The largest absolute Gasteiger partial charge is 0.103 e. The molecule has 0 N–H and O–H groups in total. The molecule has 2 aromatic rings. The standard InChI is InChI=1S/C25H26/c1-3-4-11-18-25(2,19-12-5-6-13-19)24-22-16-9-7-14-20(22)21-15-8-10-17-23(21)24/h3,5,7-10,12-17,24H,1,4,6,11,18H2,2H3. The van der Waals surface area contributed by atoms with Gasteiger partial charge in [0.25, 0.3) is 0 Å². The topological polar surface area (TPSA) is 0 Å². The molecule has 0 radical (unpaired) electrons. The van der Waals surface area contributed by atoms with Crippen LogP contribution in [0, 0.1) is 5.41 Å². The van der Waals surface area contributed by atoms with Crippen LogP contribution in [0.4, 0.5) is 0 Å². The quantitative estimate of drug-likeness (QED) is 0.394. The van der Waals surface area contributed by atoms with E-state index < -0.39 is 0 Å². The Balaban J connectivity index is 1.86. The predicted octanol–water partition coefficient (Wildman–Crippen LogP) is 7.05. The van der Waals surface area contributed by atoms with Crippen LogP contribution in [0.25, 0.3) is 11.1 Å². The lowest BCUT2D eigenvalue weighted by atomic mass is 9.65. The Morgan fingerprint density at radius 3 is 2.24 bits per heavy atom. The normalized spacial score (nSPS) is 17.7. The van der Waals surface area contributed by atoms with Gasteiger partial charge in [-0.15, -0.1) is 6.58 Å². The summed E-state index contributed by atoms with van der Waals surface area (Å²) in [5, 5.41) is 0. The van der Waals surface area contributed by atoms with Crippen molar-refractivity contribution in [1.82, 2.24) is 0 Å². The summed E-state index contributed by atoms with van der Waals surface area (Å²) in [5.41, 5.74) is 7.45. The molecule has 0 aromatic heterocycles. The highest BCUT2D eigenvalue weighted by atomic mass is 14.5. The van der Waals surface area contributed by atoms with Crippen molar-refractivity contribution in [3.63, 3.8) is 0 Å².